The molecule has 0 atom stereocenters. The first kappa shape index (κ1) is 22.2. The van der Waals surface area contributed by atoms with Crippen molar-refractivity contribution in [2.24, 2.45) is 22.4 Å². The van der Waals surface area contributed by atoms with E-state index in [1.54, 1.807) is 0 Å². The highest BCUT2D eigenvalue weighted by Gasteiger charge is 2.02. The van der Waals surface area contributed by atoms with Crippen molar-refractivity contribution in [2.75, 3.05) is 6.61 Å². The highest BCUT2D eigenvalue weighted by Crippen LogP contribution is 2.09. The predicted molar refractivity (Wildman–Crippen MR) is 84.7 cm³/mol. The van der Waals surface area contributed by atoms with Gasteiger partial charge in [0.1, 0.15) is 0 Å². The molecule has 0 unspecified atom stereocenters. The van der Waals surface area contributed by atoms with Crippen LogP contribution in [-0.4, -0.2) is 25.5 Å². The van der Waals surface area contributed by atoms with E-state index in [0.29, 0.717) is 6.42 Å². The number of nitrogens with two attached hydrogens (primary N) is 3. The van der Waals surface area contributed by atoms with Crippen molar-refractivity contribution in [1.29, 1.82) is 0 Å². The Morgan fingerprint density at radius 3 is 1.71 bits per heavy atom. The van der Waals surface area contributed by atoms with E-state index in [1.807, 2.05) is 0 Å². The topological polar surface area (TPSA) is 154 Å². The van der Waals surface area contributed by atoms with Crippen molar-refractivity contribution in [1.82, 2.24) is 0 Å². The van der Waals surface area contributed by atoms with Crippen molar-refractivity contribution >= 4 is 16.4 Å². The predicted octanol–water partition coefficient (Wildman–Crippen LogP) is 1.47. The average molecular weight is 326 g/mol. The third kappa shape index (κ3) is 28.0. The minimum atomic E-state index is -4.23. The zero-order valence-corrected chi connectivity index (χ0v) is 13.6. The largest absolute Gasteiger partial charge is 0.397 e. The van der Waals surface area contributed by atoms with E-state index in [-0.39, 0.29) is 12.6 Å². The first-order valence-electron chi connectivity index (χ1n) is 7.24. The third-order valence-electron chi connectivity index (χ3n) is 2.63. The highest BCUT2D eigenvalue weighted by molar-refractivity contribution is 7.80. The molecule has 0 aliphatic heterocycles. The zero-order chi connectivity index (χ0) is 16.6. The van der Waals surface area contributed by atoms with E-state index in [2.05, 4.69) is 22.1 Å². The molecule has 0 aromatic carbocycles. The number of unbranched alkanes of at least 4 members (excludes halogenated alkanes) is 8. The lowest BCUT2D eigenvalue weighted by atomic mass is 10.1. The van der Waals surface area contributed by atoms with Crippen LogP contribution in [-0.2, 0) is 14.6 Å². The molecule has 0 saturated carbocycles. The number of guanidine groups is 1. The van der Waals surface area contributed by atoms with E-state index in [9.17, 15) is 8.42 Å². The second kappa shape index (κ2) is 15.3. The van der Waals surface area contributed by atoms with E-state index >= 15 is 0 Å². The van der Waals surface area contributed by atoms with Crippen LogP contribution in [0, 0.1) is 0 Å². The lowest BCUT2D eigenvalue weighted by Crippen LogP contribution is -2.23. The molecule has 0 aromatic rings. The number of hydrazone groups is 1. The highest BCUT2D eigenvalue weighted by atomic mass is 32.3. The summed E-state index contributed by atoms with van der Waals surface area (Å²) in [7, 11) is -4.23. The molecule has 128 valence electrons. The molecule has 21 heavy (non-hydrogen) atoms. The molecule has 0 aliphatic carbocycles. The third-order valence-corrected chi connectivity index (χ3v) is 3.09. The lowest BCUT2D eigenvalue weighted by Gasteiger charge is -2.01. The van der Waals surface area contributed by atoms with Gasteiger partial charge in [-0.15, -0.1) is 5.10 Å². The number of hydrogen-bond acceptors (Lipinski definition) is 5. The van der Waals surface area contributed by atoms with Crippen LogP contribution in [0.15, 0.2) is 5.10 Å². The molecule has 8 nitrogen and oxygen atoms in total. The van der Waals surface area contributed by atoms with E-state index in [1.165, 1.54) is 38.5 Å². The molecule has 0 bridgehead atoms. The summed E-state index contributed by atoms with van der Waals surface area (Å²) in [6.07, 6.45) is 10.4. The number of hydrogen-bond donors (Lipinski definition) is 4. The summed E-state index contributed by atoms with van der Waals surface area (Å²) in [6.45, 7) is 2.30. The van der Waals surface area contributed by atoms with Crippen molar-refractivity contribution in [2.45, 2.75) is 64.7 Å². The van der Waals surface area contributed by atoms with Gasteiger partial charge in [0.2, 0.25) is 5.96 Å². The molecule has 7 N–H and O–H groups in total. The van der Waals surface area contributed by atoms with Gasteiger partial charge in [0.15, 0.2) is 0 Å². The Morgan fingerprint density at radius 1 is 1.00 bits per heavy atom. The molecule has 0 saturated heterocycles. The quantitative estimate of drug-likeness (QED) is 0.112. The van der Waals surface area contributed by atoms with Crippen LogP contribution in [0.25, 0.3) is 0 Å². The normalized spacial score (nSPS) is 10.6. The minimum absolute atomic E-state index is 0.0919. The Balaban J connectivity index is 0. The Hall–Kier alpha value is -1.06. The van der Waals surface area contributed by atoms with Gasteiger partial charge in [-0.1, -0.05) is 58.3 Å². The monoisotopic (exact) mass is 326 g/mol. The molecule has 0 fully saturated rings. The first-order valence-corrected chi connectivity index (χ1v) is 8.60. The fourth-order valence-electron chi connectivity index (χ4n) is 1.58. The molecular weight excluding hydrogens is 296 g/mol. The van der Waals surface area contributed by atoms with Crippen molar-refractivity contribution in [3.8, 4) is 0 Å². The van der Waals surface area contributed by atoms with Gasteiger partial charge in [0, 0.05) is 0 Å². The summed E-state index contributed by atoms with van der Waals surface area (Å²) in [4.78, 5) is 0. The van der Waals surface area contributed by atoms with Crippen molar-refractivity contribution in [3.05, 3.63) is 0 Å². The van der Waals surface area contributed by atoms with Gasteiger partial charge in [-0.25, -0.2) is 4.18 Å². The molecule has 0 rings (SSSR count). The van der Waals surface area contributed by atoms with Crippen LogP contribution in [0.4, 0.5) is 0 Å². The summed E-state index contributed by atoms with van der Waals surface area (Å²) in [5.74, 6) is 4.42. The standard InChI is InChI=1S/C11H24O4S.CH6N4/c1-2-3-4-5-6-7-8-9-10-11-15-16(12,13)14;2-1(3)5-4/h2-11H2,1H3,(H,12,13,14);4H2,(H4,2,3,5). The molecular formula is C12H30N4O4S. The average Bonchev–Trinajstić information content (AvgIpc) is 2.40. The lowest BCUT2D eigenvalue weighted by molar-refractivity contribution is 0.261. The summed E-state index contributed by atoms with van der Waals surface area (Å²) in [5.41, 5.74) is 9.39. The molecule has 0 heterocycles. The Bertz CT molecular complexity index is 343. The molecule has 9 heteroatoms. The van der Waals surface area contributed by atoms with E-state index in [0.717, 1.165) is 12.8 Å². The molecule has 0 aliphatic rings. The molecule has 0 spiro atoms. The SMILES string of the molecule is CCCCCCCCCCCOS(=O)(=O)O.NN=C(N)N. The second-order valence-electron chi connectivity index (χ2n) is 4.63. The van der Waals surface area contributed by atoms with Gasteiger partial charge in [-0.05, 0) is 6.42 Å². The smallest absolute Gasteiger partial charge is 0.369 e. The molecule has 0 aromatic heterocycles. The minimum Gasteiger partial charge on any atom is -0.369 e. The van der Waals surface area contributed by atoms with E-state index in [4.69, 9.17) is 16.0 Å². The summed E-state index contributed by atoms with van der Waals surface area (Å²) < 4.78 is 32.9. The first-order chi connectivity index (χ1) is 9.83. The summed E-state index contributed by atoms with van der Waals surface area (Å²) in [5, 5.41) is 2.86. The fraction of sp³-hybridized carbons (Fsp3) is 0.917. The van der Waals surface area contributed by atoms with Crippen molar-refractivity contribution < 1.29 is 17.2 Å². The van der Waals surface area contributed by atoms with Gasteiger partial charge in [0.05, 0.1) is 6.61 Å². The van der Waals surface area contributed by atoms with Crippen LogP contribution in [0.3, 0.4) is 0 Å². The summed E-state index contributed by atoms with van der Waals surface area (Å²) >= 11 is 0. The maximum Gasteiger partial charge on any atom is 0.397 e. The van der Waals surface area contributed by atoms with Crippen LogP contribution in [0.1, 0.15) is 64.7 Å². The van der Waals surface area contributed by atoms with Crippen LogP contribution in [0.2, 0.25) is 0 Å². The number of nitrogens with zero attached hydrogens (tertiary/aromatic N) is 1. The maximum atomic E-state index is 10.2. The van der Waals surface area contributed by atoms with Gasteiger partial charge in [-0.3, -0.25) is 4.55 Å². The van der Waals surface area contributed by atoms with Gasteiger partial charge in [0.25, 0.3) is 0 Å². The van der Waals surface area contributed by atoms with Crippen LogP contribution >= 0.6 is 0 Å². The second-order valence-corrected chi connectivity index (χ2v) is 5.72. The Labute approximate surface area is 128 Å². The maximum absolute atomic E-state index is 10.2. The molecule has 0 radical (unpaired) electrons. The van der Waals surface area contributed by atoms with Gasteiger partial charge >= 0.3 is 10.4 Å². The van der Waals surface area contributed by atoms with Gasteiger partial charge in [-0.2, -0.15) is 8.42 Å². The Morgan fingerprint density at radius 2 is 1.38 bits per heavy atom. The van der Waals surface area contributed by atoms with Crippen LogP contribution < -0.4 is 17.3 Å². The zero-order valence-electron chi connectivity index (χ0n) is 12.8. The Kier molecular flexibility index (Phi) is 16.2. The fourth-order valence-corrected chi connectivity index (χ4v) is 1.91. The summed E-state index contributed by atoms with van der Waals surface area (Å²) in [6, 6.07) is 0. The van der Waals surface area contributed by atoms with Gasteiger partial charge < -0.3 is 17.3 Å². The van der Waals surface area contributed by atoms with E-state index < -0.39 is 10.4 Å². The number of rotatable bonds is 11. The molecule has 0 amide bonds. The van der Waals surface area contributed by atoms with Crippen LogP contribution in [0.5, 0.6) is 0 Å². The van der Waals surface area contributed by atoms with Crippen molar-refractivity contribution in [3.63, 3.8) is 0 Å².